The lowest BCUT2D eigenvalue weighted by atomic mass is 10.1. The van der Waals surface area contributed by atoms with Crippen LogP contribution >= 0.6 is 11.6 Å². The van der Waals surface area contributed by atoms with Gasteiger partial charge in [-0.05, 0) is 6.07 Å². The third kappa shape index (κ3) is 1.67. The number of benzene rings is 1. The Balaban J connectivity index is 2.56. The van der Waals surface area contributed by atoms with Crippen molar-refractivity contribution < 1.29 is 19.3 Å². The van der Waals surface area contributed by atoms with Gasteiger partial charge >= 0.3 is 0 Å². The van der Waals surface area contributed by atoms with Crippen LogP contribution in [0.4, 0.5) is 0 Å². The molecule has 0 aromatic heterocycles. The summed E-state index contributed by atoms with van der Waals surface area (Å²) in [5, 5.41) is 10.0. The van der Waals surface area contributed by atoms with Gasteiger partial charge in [0.2, 0.25) is 6.79 Å². The third-order valence-electron chi connectivity index (χ3n) is 2.38. The smallest absolute Gasteiger partial charge is 0.231 e. The summed E-state index contributed by atoms with van der Waals surface area (Å²) in [6.07, 6.45) is -0.845. The maximum atomic E-state index is 9.74. The van der Waals surface area contributed by atoms with Crippen LogP contribution in [0.2, 0.25) is 5.02 Å². The van der Waals surface area contributed by atoms with Crippen molar-refractivity contribution in [1.82, 2.24) is 0 Å². The highest BCUT2D eigenvalue weighted by Crippen LogP contribution is 2.47. The van der Waals surface area contributed by atoms with Crippen molar-refractivity contribution >= 4 is 11.6 Å². The normalized spacial score (nSPS) is 15.0. The molecule has 6 heteroatoms. The molecule has 2 rings (SSSR count). The number of ether oxygens (including phenoxy) is 3. The Morgan fingerprint density at radius 2 is 2.38 bits per heavy atom. The number of nitrogens with two attached hydrogens (primary N) is 1. The second kappa shape index (κ2) is 4.37. The molecule has 1 aromatic rings. The zero-order valence-corrected chi connectivity index (χ0v) is 9.45. The highest BCUT2D eigenvalue weighted by Gasteiger charge is 2.26. The molecule has 0 fully saturated rings. The minimum Gasteiger partial charge on any atom is -0.495 e. The van der Waals surface area contributed by atoms with Gasteiger partial charge < -0.3 is 25.1 Å². The van der Waals surface area contributed by atoms with Crippen molar-refractivity contribution in [3.63, 3.8) is 0 Å². The lowest BCUT2D eigenvalue weighted by Crippen LogP contribution is -2.12. The third-order valence-corrected chi connectivity index (χ3v) is 2.72. The molecular formula is C10H12ClNO4. The maximum absolute atomic E-state index is 9.74. The molecule has 16 heavy (non-hydrogen) atoms. The minimum absolute atomic E-state index is 0.0757. The molecule has 0 spiro atoms. The quantitative estimate of drug-likeness (QED) is 0.833. The van der Waals surface area contributed by atoms with Crippen molar-refractivity contribution in [3.8, 4) is 17.2 Å². The van der Waals surface area contributed by atoms with Crippen LogP contribution in [0, 0.1) is 0 Å². The van der Waals surface area contributed by atoms with Crippen LogP contribution in [-0.2, 0) is 0 Å². The fourth-order valence-corrected chi connectivity index (χ4v) is 1.92. The van der Waals surface area contributed by atoms with Gasteiger partial charge in [0.05, 0.1) is 13.2 Å². The number of hydrogen-bond acceptors (Lipinski definition) is 5. The van der Waals surface area contributed by atoms with Gasteiger partial charge in [-0.25, -0.2) is 0 Å². The summed E-state index contributed by atoms with van der Waals surface area (Å²) in [4.78, 5) is 0. The lowest BCUT2D eigenvalue weighted by Gasteiger charge is -2.15. The van der Waals surface area contributed by atoms with E-state index in [0.717, 1.165) is 0 Å². The molecule has 3 N–H and O–H groups in total. The van der Waals surface area contributed by atoms with Gasteiger partial charge in [0, 0.05) is 12.1 Å². The first kappa shape index (κ1) is 11.3. The number of halogens is 1. The van der Waals surface area contributed by atoms with Gasteiger partial charge in [-0.2, -0.15) is 0 Å². The van der Waals surface area contributed by atoms with Crippen LogP contribution in [0.25, 0.3) is 0 Å². The van der Waals surface area contributed by atoms with E-state index in [0.29, 0.717) is 27.8 Å². The summed E-state index contributed by atoms with van der Waals surface area (Å²) in [6.45, 7) is 0.187. The Hall–Kier alpha value is -1.17. The van der Waals surface area contributed by atoms with Crippen molar-refractivity contribution in [1.29, 1.82) is 0 Å². The summed E-state index contributed by atoms with van der Waals surface area (Å²) >= 11 is 6.08. The predicted molar refractivity (Wildman–Crippen MR) is 58.1 cm³/mol. The molecule has 0 radical (unpaired) electrons. The van der Waals surface area contributed by atoms with Gasteiger partial charge in [-0.1, -0.05) is 11.6 Å². The van der Waals surface area contributed by atoms with Crippen molar-refractivity contribution in [2.75, 3.05) is 20.4 Å². The van der Waals surface area contributed by atoms with Crippen LogP contribution in [0.5, 0.6) is 17.2 Å². The summed E-state index contributed by atoms with van der Waals surface area (Å²) < 4.78 is 15.5. The Kier molecular flexibility index (Phi) is 3.09. The van der Waals surface area contributed by atoms with Crippen LogP contribution < -0.4 is 19.9 Å². The average molecular weight is 246 g/mol. The second-order valence-electron chi connectivity index (χ2n) is 3.30. The Bertz CT molecular complexity index is 410. The molecule has 1 aliphatic heterocycles. The van der Waals surface area contributed by atoms with E-state index >= 15 is 0 Å². The second-order valence-corrected chi connectivity index (χ2v) is 3.68. The standard InChI is InChI=1S/C10H12ClNO4/c1-14-9-5(6(13)3-12)2-7-10(8(9)11)16-4-15-7/h2,6,13H,3-4,12H2,1H3. The highest BCUT2D eigenvalue weighted by molar-refractivity contribution is 6.34. The SMILES string of the molecule is COc1c(C(O)CN)cc2c(c1Cl)OCO2. The molecule has 1 aliphatic rings. The van der Waals surface area contributed by atoms with E-state index in [1.165, 1.54) is 7.11 Å². The minimum atomic E-state index is -0.845. The topological polar surface area (TPSA) is 73.9 Å². The summed E-state index contributed by atoms with van der Waals surface area (Å²) in [5.41, 5.74) is 5.90. The summed E-state index contributed by atoms with van der Waals surface area (Å²) in [6, 6.07) is 1.63. The van der Waals surface area contributed by atoms with E-state index in [1.807, 2.05) is 0 Å². The van der Waals surface area contributed by atoms with Gasteiger partial charge in [0.1, 0.15) is 10.8 Å². The molecule has 1 heterocycles. The summed E-state index contributed by atoms with van der Waals surface area (Å²) in [7, 11) is 1.47. The first-order valence-corrected chi connectivity index (χ1v) is 5.11. The number of hydrogen-bond donors (Lipinski definition) is 2. The molecule has 0 bridgehead atoms. The fourth-order valence-electron chi connectivity index (χ4n) is 1.59. The predicted octanol–water partition coefficient (Wildman–Crippen LogP) is 1.07. The van der Waals surface area contributed by atoms with Crippen LogP contribution in [0.15, 0.2) is 6.07 Å². The molecule has 0 saturated carbocycles. The number of aliphatic hydroxyl groups is 1. The number of rotatable bonds is 3. The molecule has 0 aliphatic carbocycles. The van der Waals surface area contributed by atoms with E-state index in [4.69, 9.17) is 31.5 Å². The number of aliphatic hydroxyl groups excluding tert-OH is 1. The van der Waals surface area contributed by atoms with E-state index in [-0.39, 0.29) is 13.3 Å². The molecule has 5 nitrogen and oxygen atoms in total. The molecule has 1 unspecified atom stereocenters. The van der Waals surface area contributed by atoms with Crippen LogP contribution in [-0.4, -0.2) is 25.6 Å². The first-order valence-electron chi connectivity index (χ1n) is 4.73. The maximum Gasteiger partial charge on any atom is 0.231 e. The Labute approximate surface area is 97.7 Å². The fraction of sp³-hybridized carbons (Fsp3) is 0.400. The van der Waals surface area contributed by atoms with Gasteiger partial charge in [-0.15, -0.1) is 0 Å². The van der Waals surface area contributed by atoms with Crippen LogP contribution in [0.3, 0.4) is 0 Å². The molecule has 1 atom stereocenters. The van der Waals surface area contributed by atoms with E-state index in [9.17, 15) is 5.11 Å². The van der Waals surface area contributed by atoms with Gasteiger partial charge in [-0.3, -0.25) is 0 Å². The molecule has 0 saturated heterocycles. The average Bonchev–Trinajstić information content (AvgIpc) is 2.76. The van der Waals surface area contributed by atoms with E-state index in [2.05, 4.69) is 0 Å². The van der Waals surface area contributed by atoms with E-state index < -0.39 is 6.10 Å². The Morgan fingerprint density at radius 3 is 3.00 bits per heavy atom. The molecular weight excluding hydrogens is 234 g/mol. The van der Waals surface area contributed by atoms with Crippen molar-refractivity contribution in [2.24, 2.45) is 5.73 Å². The monoisotopic (exact) mass is 245 g/mol. The largest absolute Gasteiger partial charge is 0.495 e. The lowest BCUT2D eigenvalue weighted by molar-refractivity contribution is 0.172. The van der Waals surface area contributed by atoms with Gasteiger partial charge in [0.25, 0.3) is 0 Å². The number of fused-ring (bicyclic) bond motifs is 1. The van der Waals surface area contributed by atoms with Crippen molar-refractivity contribution in [3.05, 3.63) is 16.7 Å². The molecule has 0 amide bonds. The zero-order chi connectivity index (χ0) is 11.7. The van der Waals surface area contributed by atoms with E-state index in [1.54, 1.807) is 6.07 Å². The van der Waals surface area contributed by atoms with Crippen molar-refractivity contribution in [2.45, 2.75) is 6.10 Å². The molecule has 1 aromatic carbocycles. The highest BCUT2D eigenvalue weighted by atomic mass is 35.5. The zero-order valence-electron chi connectivity index (χ0n) is 8.70. The van der Waals surface area contributed by atoms with Crippen LogP contribution in [0.1, 0.15) is 11.7 Å². The summed E-state index contributed by atoms with van der Waals surface area (Å²) in [5.74, 6) is 1.30. The molecule has 88 valence electrons. The van der Waals surface area contributed by atoms with Gasteiger partial charge in [0.15, 0.2) is 11.5 Å². The first-order chi connectivity index (χ1) is 7.69. The number of methoxy groups -OCH3 is 1. The Morgan fingerprint density at radius 1 is 1.62 bits per heavy atom.